The van der Waals surface area contributed by atoms with Crippen LogP contribution in [0.3, 0.4) is 0 Å². The van der Waals surface area contributed by atoms with Gasteiger partial charge in [0.05, 0.1) is 30.7 Å². The van der Waals surface area contributed by atoms with E-state index in [4.69, 9.17) is 9.05 Å². The second-order valence-electron chi connectivity index (χ2n) is 7.78. The van der Waals surface area contributed by atoms with Crippen LogP contribution in [0.2, 0.25) is 0 Å². The molecule has 11 nitrogen and oxygen atoms in total. The largest absolute Gasteiger partial charge is 0.361 e. The average Bonchev–Trinajstić information content (AvgIpc) is 3.57. The van der Waals surface area contributed by atoms with Crippen molar-refractivity contribution in [2.24, 2.45) is 0 Å². The van der Waals surface area contributed by atoms with Crippen molar-refractivity contribution in [2.75, 3.05) is 5.32 Å². The molecular formula is C21H23N7O4S2. The number of Topliss-reactive ketones (excluding diaryl/α,β-unsaturated/α-hetero) is 1. The summed E-state index contributed by atoms with van der Waals surface area (Å²) in [5.74, 6) is 0.875. The molecule has 0 saturated carbocycles. The Kier molecular flexibility index (Phi) is 7.85. The fourth-order valence-electron chi connectivity index (χ4n) is 3.16. The van der Waals surface area contributed by atoms with E-state index in [1.54, 1.807) is 19.1 Å². The summed E-state index contributed by atoms with van der Waals surface area (Å²) in [4.78, 5) is 24.3. The van der Waals surface area contributed by atoms with Crippen molar-refractivity contribution in [3.8, 4) is 0 Å². The van der Waals surface area contributed by atoms with Gasteiger partial charge >= 0.3 is 0 Å². The fraction of sp³-hybridized carbons (Fsp3) is 0.429. The van der Waals surface area contributed by atoms with E-state index in [2.05, 4.69) is 36.0 Å². The highest BCUT2D eigenvalue weighted by Crippen LogP contribution is 2.19. The number of ketones is 1. The molecular weight excluding hydrogens is 478 g/mol. The summed E-state index contributed by atoms with van der Waals surface area (Å²) in [6.45, 7) is 3.62. The smallest absolute Gasteiger partial charge is 0.233 e. The minimum absolute atomic E-state index is 0.0222. The number of nitrogens with one attached hydrogen (secondary N) is 1. The van der Waals surface area contributed by atoms with Crippen LogP contribution in [0.1, 0.15) is 50.8 Å². The maximum atomic E-state index is 12.2. The third-order valence-corrected chi connectivity index (χ3v) is 6.54. The Hall–Kier alpha value is -3.32. The third-order valence-electron chi connectivity index (χ3n) is 4.66. The average molecular weight is 502 g/mol. The third kappa shape index (κ3) is 7.09. The van der Waals surface area contributed by atoms with Gasteiger partial charge in [0, 0.05) is 25.0 Å². The van der Waals surface area contributed by atoms with Gasteiger partial charge in [-0.25, -0.2) is 0 Å². The number of rotatable bonds is 12. The van der Waals surface area contributed by atoms with Crippen LogP contribution in [0.5, 0.6) is 0 Å². The summed E-state index contributed by atoms with van der Waals surface area (Å²) in [5.41, 5.74) is 1.49. The van der Waals surface area contributed by atoms with Gasteiger partial charge in [-0.05, 0) is 26.7 Å². The lowest BCUT2D eigenvalue weighted by atomic mass is 10.2. The number of aromatic nitrogens is 6. The lowest BCUT2D eigenvalue weighted by Crippen LogP contribution is -2.13. The second-order valence-corrected chi connectivity index (χ2v) is 9.99. The first-order valence-electron chi connectivity index (χ1n) is 10.7. The summed E-state index contributed by atoms with van der Waals surface area (Å²) in [5, 5.41) is 29.7. The number of aryl methyl sites for hydroxylation is 4. The molecule has 1 amide bonds. The first-order chi connectivity index (χ1) is 16.4. The van der Waals surface area contributed by atoms with Crippen LogP contribution in [0.4, 0.5) is 5.13 Å². The van der Waals surface area contributed by atoms with E-state index in [0.717, 1.165) is 47.1 Å². The van der Waals surface area contributed by atoms with Crippen LogP contribution in [0.25, 0.3) is 0 Å². The van der Waals surface area contributed by atoms with Crippen molar-refractivity contribution in [3.63, 3.8) is 0 Å². The van der Waals surface area contributed by atoms with Gasteiger partial charge in [0.1, 0.15) is 32.3 Å². The maximum Gasteiger partial charge on any atom is 0.233 e. The van der Waals surface area contributed by atoms with Gasteiger partial charge in [0.15, 0.2) is 0 Å². The van der Waals surface area contributed by atoms with Gasteiger partial charge in [-0.3, -0.25) is 9.59 Å². The molecule has 178 valence electrons. The Morgan fingerprint density at radius 3 is 2.03 bits per heavy atom. The zero-order valence-corrected chi connectivity index (χ0v) is 20.4. The molecule has 13 heteroatoms. The Labute approximate surface area is 203 Å². The van der Waals surface area contributed by atoms with Gasteiger partial charge in [0.25, 0.3) is 0 Å². The number of carbonyl (C=O) groups is 2. The molecule has 0 atom stereocenters. The predicted octanol–water partition coefficient (Wildman–Crippen LogP) is 3.08. The molecule has 0 saturated heterocycles. The molecule has 0 aliphatic heterocycles. The zero-order valence-electron chi connectivity index (χ0n) is 18.7. The summed E-state index contributed by atoms with van der Waals surface area (Å²) in [6.07, 6.45) is 3.91. The minimum atomic E-state index is -0.222. The fourth-order valence-corrected chi connectivity index (χ4v) is 4.88. The van der Waals surface area contributed by atoms with Gasteiger partial charge < -0.3 is 14.4 Å². The number of unbranched alkanes of at least 4 members (excludes halogenated alkanes) is 1. The van der Waals surface area contributed by atoms with Crippen LogP contribution >= 0.6 is 22.7 Å². The molecule has 0 bridgehead atoms. The highest BCUT2D eigenvalue weighted by molar-refractivity contribution is 7.15. The standard InChI is InChI=1S/C21H23N7O4S2/c1-12-7-15(31-27-12)9-14(29)10-20-25-23-18(33-20)5-3-4-6-19-24-26-21(34-19)22-17(30)11-16-8-13(2)28-32-16/h7-8H,3-6,9-11H2,1-2H3,(H,22,26,30). The molecule has 4 heterocycles. The number of nitrogens with zero attached hydrogens (tertiary/aromatic N) is 6. The number of carbonyl (C=O) groups excluding carboxylic acids is 2. The molecule has 0 unspecified atom stereocenters. The number of hydrogen-bond donors (Lipinski definition) is 1. The van der Waals surface area contributed by atoms with Gasteiger partial charge in [-0.15, -0.1) is 31.7 Å². The highest BCUT2D eigenvalue weighted by atomic mass is 32.1. The normalized spacial score (nSPS) is 11.1. The molecule has 0 spiro atoms. The van der Waals surface area contributed by atoms with E-state index in [9.17, 15) is 9.59 Å². The van der Waals surface area contributed by atoms with Crippen LogP contribution < -0.4 is 5.32 Å². The van der Waals surface area contributed by atoms with Crippen LogP contribution in [-0.4, -0.2) is 42.4 Å². The molecule has 34 heavy (non-hydrogen) atoms. The molecule has 0 aliphatic carbocycles. The van der Waals surface area contributed by atoms with Crippen molar-refractivity contribution >= 4 is 39.5 Å². The van der Waals surface area contributed by atoms with Crippen LogP contribution in [0.15, 0.2) is 21.2 Å². The first kappa shape index (κ1) is 23.8. The van der Waals surface area contributed by atoms with E-state index in [1.807, 2.05) is 6.92 Å². The lowest BCUT2D eigenvalue weighted by Gasteiger charge is -1.97. The Balaban J connectivity index is 1.14. The van der Waals surface area contributed by atoms with Gasteiger partial charge in [0.2, 0.25) is 11.0 Å². The summed E-state index contributed by atoms with van der Waals surface area (Å²) in [7, 11) is 0. The SMILES string of the molecule is Cc1cc(CC(=O)Cc2nnc(CCCCc3nnc(NC(=O)Cc4cc(C)no4)s3)s2)on1. The highest BCUT2D eigenvalue weighted by Gasteiger charge is 2.14. The quantitative estimate of drug-likeness (QED) is 0.287. The molecule has 0 radical (unpaired) electrons. The number of hydrogen-bond acceptors (Lipinski definition) is 12. The lowest BCUT2D eigenvalue weighted by molar-refractivity contribution is -0.118. The number of amides is 1. The minimum Gasteiger partial charge on any atom is -0.361 e. The number of anilines is 1. The maximum absolute atomic E-state index is 12.2. The summed E-state index contributed by atoms with van der Waals surface area (Å²) in [6, 6.07) is 3.49. The summed E-state index contributed by atoms with van der Waals surface area (Å²) >= 11 is 2.82. The topological polar surface area (TPSA) is 150 Å². The molecule has 4 aromatic heterocycles. The van der Waals surface area contributed by atoms with Crippen molar-refractivity contribution in [2.45, 2.75) is 58.8 Å². The van der Waals surface area contributed by atoms with Crippen LogP contribution in [0, 0.1) is 13.8 Å². The van der Waals surface area contributed by atoms with E-state index in [1.165, 1.54) is 22.7 Å². The Bertz CT molecular complexity index is 1160. The monoisotopic (exact) mass is 501 g/mol. The first-order valence-corrected chi connectivity index (χ1v) is 12.4. The van der Waals surface area contributed by atoms with E-state index < -0.39 is 0 Å². The second kappa shape index (κ2) is 11.2. The van der Waals surface area contributed by atoms with Gasteiger partial charge in [-0.2, -0.15) is 0 Å². The predicted molar refractivity (Wildman–Crippen MR) is 124 cm³/mol. The molecule has 0 aliphatic rings. The zero-order chi connectivity index (χ0) is 23.9. The molecule has 0 aromatic carbocycles. The van der Waals surface area contributed by atoms with Crippen LogP contribution in [-0.2, 0) is 41.7 Å². The summed E-state index contributed by atoms with van der Waals surface area (Å²) < 4.78 is 10.1. The van der Waals surface area contributed by atoms with Crippen molar-refractivity contribution in [1.29, 1.82) is 0 Å². The molecule has 1 N–H and O–H groups in total. The van der Waals surface area contributed by atoms with Gasteiger partial charge in [-0.1, -0.05) is 21.7 Å². The molecule has 4 rings (SSSR count). The Morgan fingerprint density at radius 1 is 0.794 bits per heavy atom. The van der Waals surface area contributed by atoms with E-state index in [-0.39, 0.29) is 31.0 Å². The van der Waals surface area contributed by atoms with E-state index in [0.29, 0.717) is 21.7 Å². The van der Waals surface area contributed by atoms with Crippen molar-refractivity contribution in [1.82, 2.24) is 30.7 Å². The Morgan fingerprint density at radius 2 is 1.38 bits per heavy atom. The van der Waals surface area contributed by atoms with E-state index >= 15 is 0 Å². The molecule has 4 aromatic rings. The van der Waals surface area contributed by atoms with Crippen molar-refractivity contribution in [3.05, 3.63) is 50.1 Å². The molecule has 0 fully saturated rings. The van der Waals surface area contributed by atoms with Crippen molar-refractivity contribution < 1.29 is 18.6 Å².